The van der Waals surface area contributed by atoms with E-state index in [-0.39, 0.29) is 5.91 Å². The lowest BCUT2D eigenvalue weighted by atomic mass is 10.1. The van der Waals surface area contributed by atoms with Gasteiger partial charge >= 0.3 is 0 Å². The van der Waals surface area contributed by atoms with E-state index in [4.69, 9.17) is 4.74 Å². The van der Waals surface area contributed by atoms with Crippen LogP contribution in [0.1, 0.15) is 27.2 Å². The number of fused-ring (bicyclic) bond motifs is 1. The summed E-state index contributed by atoms with van der Waals surface area (Å²) in [6.45, 7) is 2.32. The van der Waals surface area contributed by atoms with E-state index in [2.05, 4.69) is 31.8 Å². The van der Waals surface area contributed by atoms with Gasteiger partial charge in [-0.25, -0.2) is 9.50 Å². The number of rotatable bonds is 8. The Morgan fingerprint density at radius 2 is 1.89 bits per heavy atom. The summed E-state index contributed by atoms with van der Waals surface area (Å²) in [6, 6.07) is 19.2. The number of amides is 1. The number of imidazole rings is 1. The van der Waals surface area contributed by atoms with Gasteiger partial charge in [-0.05, 0) is 48.9 Å². The van der Waals surface area contributed by atoms with Gasteiger partial charge in [-0.3, -0.25) is 4.79 Å². The first kappa shape index (κ1) is 22.7. The van der Waals surface area contributed by atoms with Crippen LogP contribution in [0, 0.1) is 18.3 Å². The molecule has 0 unspecified atom stereocenters. The van der Waals surface area contributed by atoms with E-state index in [0.29, 0.717) is 41.0 Å². The fourth-order valence-corrected chi connectivity index (χ4v) is 3.93. The molecule has 3 N–H and O–H groups in total. The molecule has 0 spiro atoms. The fourth-order valence-electron chi connectivity index (χ4n) is 3.93. The summed E-state index contributed by atoms with van der Waals surface area (Å²) in [6.07, 6.45) is 7.15. The van der Waals surface area contributed by atoms with Gasteiger partial charge in [-0.2, -0.15) is 10.4 Å². The Kier molecular flexibility index (Phi) is 6.32. The van der Waals surface area contributed by atoms with Gasteiger partial charge < -0.3 is 20.4 Å². The van der Waals surface area contributed by atoms with E-state index in [1.807, 2.05) is 61.5 Å². The van der Waals surface area contributed by atoms with Crippen molar-refractivity contribution in [2.75, 3.05) is 11.9 Å². The second kappa shape index (κ2) is 10.0. The molecule has 0 saturated heterocycles. The number of hydrogen-bond donors (Lipinski definition) is 3. The van der Waals surface area contributed by atoms with Crippen LogP contribution in [0.2, 0.25) is 0 Å². The summed E-state index contributed by atoms with van der Waals surface area (Å²) in [7, 11) is 0. The average Bonchev–Trinajstić information content (AvgIpc) is 3.54. The number of anilines is 2. The molecule has 36 heavy (non-hydrogen) atoms. The van der Waals surface area contributed by atoms with Crippen LogP contribution in [0.15, 0.2) is 79.5 Å². The third kappa shape index (κ3) is 4.74. The van der Waals surface area contributed by atoms with Crippen molar-refractivity contribution >= 4 is 22.8 Å². The highest BCUT2D eigenvalue weighted by Crippen LogP contribution is 2.31. The van der Waals surface area contributed by atoms with Gasteiger partial charge in [0.2, 0.25) is 0 Å². The number of carbonyl (C=O) groups excluding carboxylic acids is 1. The van der Waals surface area contributed by atoms with Crippen molar-refractivity contribution in [1.29, 1.82) is 5.26 Å². The number of ether oxygens (including phenoxy) is 1. The van der Waals surface area contributed by atoms with Crippen LogP contribution >= 0.6 is 0 Å². The first-order valence-corrected chi connectivity index (χ1v) is 11.4. The largest absolute Gasteiger partial charge is 0.457 e. The summed E-state index contributed by atoms with van der Waals surface area (Å²) in [5, 5.41) is 20.3. The Morgan fingerprint density at radius 3 is 2.61 bits per heavy atom. The topological polar surface area (TPSA) is 120 Å². The molecule has 0 saturated carbocycles. The lowest BCUT2D eigenvalue weighted by molar-refractivity contribution is 0.0953. The minimum absolute atomic E-state index is 0.204. The molecule has 0 fully saturated rings. The van der Waals surface area contributed by atoms with Gasteiger partial charge in [0.05, 0.1) is 34.9 Å². The molecule has 0 aliphatic carbocycles. The molecule has 9 nitrogen and oxygen atoms in total. The van der Waals surface area contributed by atoms with Crippen molar-refractivity contribution in [3.05, 3.63) is 102 Å². The van der Waals surface area contributed by atoms with Crippen molar-refractivity contribution in [2.45, 2.75) is 13.3 Å². The number of benzene rings is 2. The molecule has 0 atom stereocenters. The molecule has 0 aliphatic rings. The third-order valence-corrected chi connectivity index (χ3v) is 5.76. The van der Waals surface area contributed by atoms with Gasteiger partial charge in [-0.15, -0.1) is 0 Å². The number of aryl methyl sites for hydroxylation is 1. The molecule has 5 rings (SSSR count). The van der Waals surface area contributed by atoms with Crippen molar-refractivity contribution in [3.63, 3.8) is 0 Å². The van der Waals surface area contributed by atoms with E-state index in [1.54, 1.807) is 23.2 Å². The van der Waals surface area contributed by atoms with Crippen molar-refractivity contribution < 1.29 is 9.53 Å². The van der Waals surface area contributed by atoms with Crippen LogP contribution in [-0.4, -0.2) is 32.0 Å². The maximum absolute atomic E-state index is 12.9. The van der Waals surface area contributed by atoms with E-state index in [1.165, 1.54) is 6.20 Å². The van der Waals surface area contributed by atoms with E-state index < -0.39 is 0 Å². The first-order valence-electron chi connectivity index (χ1n) is 11.4. The Balaban J connectivity index is 1.38. The van der Waals surface area contributed by atoms with Crippen LogP contribution < -0.4 is 15.4 Å². The molecule has 9 heteroatoms. The van der Waals surface area contributed by atoms with Gasteiger partial charge in [0.25, 0.3) is 5.91 Å². The number of hydrogen-bond acceptors (Lipinski definition) is 6. The maximum atomic E-state index is 12.9. The zero-order valence-electron chi connectivity index (χ0n) is 19.5. The third-order valence-electron chi connectivity index (χ3n) is 5.76. The fraction of sp³-hybridized carbons (Fsp3) is 0.111. The lowest BCUT2D eigenvalue weighted by Crippen LogP contribution is -2.26. The van der Waals surface area contributed by atoms with Crippen molar-refractivity contribution in [2.24, 2.45) is 0 Å². The molecule has 0 aliphatic heterocycles. The number of aromatic amines is 1. The maximum Gasteiger partial charge on any atom is 0.253 e. The summed E-state index contributed by atoms with van der Waals surface area (Å²) in [5.74, 6) is 1.24. The average molecular weight is 478 g/mol. The molecule has 5 aromatic rings. The Labute approximate surface area is 207 Å². The highest BCUT2D eigenvalue weighted by atomic mass is 16.5. The lowest BCUT2D eigenvalue weighted by Gasteiger charge is -2.12. The molecular weight excluding hydrogens is 454 g/mol. The summed E-state index contributed by atoms with van der Waals surface area (Å²) in [4.78, 5) is 19.9. The Hall–Kier alpha value is -5.10. The summed E-state index contributed by atoms with van der Waals surface area (Å²) in [5.41, 5.74) is 4.56. The summed E-state index contributed by atoms with van der Waals surface area (Å²) < 4.78 is 7.48. The molecule has 3 heterocycles. The smallest absolute Gasteiger partial charge is 0.253 e. The van der Waals surface area contributed by atoms with Crippen LogP contribution in [0.5, 0.6) is 11.5 Å². The van der Waals surface area contributed by atoms with Gasteiger partial charge in [0.15, 0.2) is 0 Å². The van der Waals surface area contributed by atoms with Crippen molar-refractivity contribution in [1.82, 2.24) is 24.9 Å². The molecule has 3 aromatic heterocycles. The van der Waals surface area contributed by atoms with Crippen molar-refractivity contribution in [3.8, 4) is 17.6 Å². The number of carbonyl (C=O) groups is 1. The number of nitrogens with zero attached hydrogens (tertiary/aromatic N) is 4. The number of nitriles is 1. The monoisotopic (exact) mass is 477 g/mol. The highest BCUT2D eigenvalue weighted by molar-refractivity contribution is 6.00. The van der Waals surface area contributed by atoms with E-state index in [0.717, 1.165) is 22.7 Å². The van der Waals surface area contributed by atoms with Crippen LogP contribution in [-0.2, 0) is 6.42 Å². The highest BCUT2D eigenvalue weighted by Gasteiger charge is 2.19. The standard InChI is InChI=1S/C27H23N7O2/c1-18-24(27(35)30-12-11-21-15-29-17-31-21)16-34-26(18)25(19(13-28)14-32-34)33-20-7-9-23(10-8-20)36-22-5-3-2-4-6-22/h2-10,14-17,33H,11-12H2,1H3,(H,29,31)(H,30,35). The molecule has 178 valence electrons. The number of nitrogens with one attached hydrogen (secondary N) is 3. The van der Waals surface area contributed by atoms with Gasteiger partial charge in [0, 0.05) is 36.7 Å². The second-order valence-electron chi connectivity index (χ2n) is 8.15. The predicted molar refractivity (Wildman–Crippen MR) is 136 cm³/mol. The van der Waals surface area contributed by atoms with Crippen LogP contribution in [0.3, 0.4) is 0 Å². The molecule has 0 bridgehead atoms. The van der Waals surface area contributed by atoms with Gasteiger partial charge in [0.1, 0.15) is 17.6 Å². The number of H-pyrrole nitrogens is 1. The second-order valence-corrected chi connectivity index (χ2v) is 8.15. The Bertz CT molecular complexity index is 1530. The van der Waals surface area contributed by atoms with Gasteiger partial charge in [-0.1, -0.05) is 18.2 Å². The van der Waals surface area contributed by atoms with Crippen LogP contribution in [0.25, 0.3) is 5.52 Å². The Morgan fingerprint density at radius 1 is 1.11 bits per heavy atom. The first-order chi connectivity index (χ1) is 17.6. The van der Waals surface area contributed by atoms with Crippen LogP contribution in [0.4, 0.5) is 11.4 Å². The minimum atomic E-state index is -0.204. The molecule has 1 amide bonds. The van der Waals surface area contributed by atoms with E-state index >= 15 is 0 Å². The molecule has 2 aromatic carbocycles. The molecule has 0 radical (unpaired) electrons. The summed E-state index contributed by atoms with van der Waals surface area (Å²) >= 11 is 0. The van der Waals surface area contributed by atoms with E-state index in [9.17, 15) is 10.1 Å². The number of aromatic nitrogens is 4. The normalized spacial score (nSPS) is 10.7. The predicted octanol–water partition coefficient (Wildman–Crippen LogP) is 4.75. The molecular formula is C27H23N7O2. The minimum Gasteiger partial charge on any atom is -0.457 e. The zero-order chi connectivity index (χ0) is 24.9. The SMILES string of the molecule is Cc1c(C(=O)NCCc2cnc[nH]2)cn2ncc(C#N)c(Nc3ccc(Oc4ccccc4)cc3)c12. The number of para-hydroxylation sites is 1. The zero-order valence-corrected chi connectivity index (χ0v) is 19.5. The quantitative estimate of drug-likeness (QED) is 0.297.